The first kappa shape index (κ1) is 22.3. The average Bonchev–Trinajstić information content (AvgIpc) is 3.33. The molecule has 11 heteroatoms. The molecule has 9 nitrogen and oxygen atoms in total. The fourth-order valence-electron chi connectivity index (χ4n) is 4.03. The number of amides is 1. The number of nitrogens with zero attached hydrogens (tertiary/aromatic N) is 2. The maximum Gasteiger partial charge on any atom is 0.262 e. The van der Waals surface area contributed by atoms with Gasteiger partial charge in [0.15, 0.2) is 0 Å². The molecule has 1 atom stereocenters. The third-order valence-corrected chi connectivity index (χ3v) is 8.03. The Bertz CT molecular complexity index is 1320. The average molecular weight is 477 g/mol. The van der Waals surface area contributed by atoms with Crippen molar-refractivity contribution in [1.82, 2.24) is 4.72 Å². The normalized spacial score (nSPS) is 18.2. The van der Waals surface area contributed by atoms with Crippen molar-refractivity contribution in [2.24, 2.45) is 4.99 Å². The molecule has 0 saturated heterocycles. The lowest BCUT2D eigenvalue weighted by atomic mass is 10.1. The maximum absolute atomic E-state index is 12.8. The summed E-state index contributed by atoms with van der Waals surface area (Å²) in [6.45, 7) is 2.42. The van der Waals surface area contributed by atoms with Crippen LogP contribution in [-0.4, -0.2) is 47.4 Å². The number of amidine groups is 1. The van der Waals surface area contributed by atoms with Crippen LogP contribution in [0.5, 0.6) is 0 Å². The molecule has 1 amide bonds. The number of anilines is 2. The van der Waals surface area contributed by atoms with Gasteiger partial charge in [0.1, 0.15) is 5.84 Å². The first-order chi connectivity index (χ1) is 15.0. The molecule has 0 aliphatic carbocycles. The Morgan fingerprint density at radius 1 is 1.12 bits per heavy atom. The fourth-order valence-corrected chi connectivity index (χ4v) is 6.43. The van der Waals surface area contributed by atoms with Crippen molar-refractivity contribution in [3.05, 3.63) is 53.6 Å². The van der Waals surface area contributed by atoms with E-state index in [1.807, 2.05) is 6.92 Å². The van der Waals surface area contributed by atoms with E-state index in [4.69, 9.17) is 0 Å². The smallest absolute Gasteiger partial charge is 0.262 e. The molecule has 2 aromatic rings. The molecule has 2 aliphatic rings. The Hall–Kier alpha value is -2.92. The Morgan fingerprint density at radius 3 is 2.59 bits per heavy atom. The van der Waals surface area contributed by atoms with Crippen molar-refractivity contribution in [2.75, 3.05) is 22.4 Å². The molecule has 0 fully saturated rings. The third-order valence-electron chi connectivity index (χ3n) is 5.38. The number of carbonyl (C=O) groups excluding carboxylic acids is 1. The van der Waals surface area contributed by atoms with E-state index in [9.17, 15) is 21.6 Å². The van der Waals surface area contributed by atoms with Gasteiger partial charge in [-0.15, -0.1) is 0 Å². The van der Waals surface area contributed by atoms with Gasteiger partial charge in [0.2, 0.25) is 10.0 Å². The van der Waals surface area contributed by atoms with Gasteiger partial charge in [-0.1, -0.05) is 6.07 Å². The van der Waals surface area contributed by atoms with E-state index in [0.717, 1.165) is 18.2 Å². The zero-order valence-electron chi connectivity index (χ0n) is 17.7. The number of hydrogen-bond donors (Lipinski definition) is 2. The summed E-state index contributed by atoms with van der Waals surface area (Å²) in [5.74, 6) is 0.0240. The SMILES string of the molecule is CC1Cc2cc(C(=O)Nc3cccc(S(=O)(=O)NC4=NCCC4)c3)ccc2N1S(C)(=O)=O. The minimum absolute atomic E-state index is 0.0245. The summed E-state index contributed by atoms with van der Waals surface area (Å²) in [5, 5.41) is 2.71. The van der Waals surface area contributed by atoms with Crippen molar-refractivity contribution in [3.63, 3.8) is 0 Å². The number of aliphatic imine (C=N–C) groups is 1. The van der Waals surface area contributed by atoms with Crippen LogP contribution in [0.3, 0.4) is 0 Å². The Labute approximate surface area is 187 Å². The Balaban J connectivity index is 1.53. The van der Waals surface area contributed by atoms with Crippen LogP contribution in [0.1, 0.15) is 35.7 Å². The molecule has 0 radical (unpaired) electrons. The van der Waals surface area contributed by atoms with E-state index in [2.05, 4.69) is 15.0 Å². The molecule has 2 heterocycles. The van der Waals surface area contributed by atoms with Crippen LogP contribution in [-0.2, 0) is 26.5 Å². The van der Waals surface area contributed by atoms with Crippen molar-refractivity contribution >= 4 is 43.2 Å². The number of fused-ring (bicyclic) bond motifs is 1. The maximum atomic E-state index is 12.8. The van der Waals surface area contributed by atoms with Gasteiger partial charge in [0.05, 0.1) is 16.8 Å². The molecule has 0 bridgehead atoms. The number of rotatable bonds is 5. The third kappa shape index (κ3) is 4.49. The van der Waals surface area contributed by atoms with Gasteiger partial charge < -0.3 is 5.32 Å². The number of sulfonamides is 2. The van der Waals surface area contributed by atoms with E-state index in [-0.39, 0.29) is 10.9 Å². The van der Waals surface area contributed by atoms with Gasteiger partial charge in [-0.05, 0) is 61.7 Å². The minimum atomic E-state index is -3.80. The molecule has 2 aromatic carbocycles. The first-order valence-electron chi connectivity index (χ1n) is 10.1. The van der Waals surface area contributed by atoms with Gasteiger partial charge in [-0.2, -0.15) is 0 Å². The van der Waals surface area contributed by atoms with Crippen LogP contribution in [0, 0.1) is 0 Å². The van der Waals surface area contributed by atoms with Crippen molar-refractivity contribution in [3.8, 4) is 0 Å². The van der Waals surface area contributed by atoms with Crippen LogP contribution >= 0.6 is 0 Å². The monoisotopic (exact) mass is 476 g/mol. The summed E-state index contributed by atoms with van der Waals surface area (Å²) in [7, 11) is -7.21. The fraction of sp³-hybridized carbons (Fsp3) is 0.333. The molecule has 0 spiro atoms. The number of hydrogen-bond acceptors (Lipinski definition) is 6. The van der Waals surface area contributed by atoms with E-state index < -0.39 is 26.0 Å². The standard InChI is InChI=1S/C21H24N4O5S2/c1-14-11-16-12-15(8-9-19(16)25(14)31(2,27)28)21(26)23-17-5-3-6-18(13-17)32(29,30)24-20-7-4-10-22-20/h3,5-6,8-9,12-14H,4,7,10-11H2,1-2H3,(H,22,24)(H,23,26). The second kappa shape index (κ2) is 8.21. The molecule has 2 N–H and O–H groups in total. The summed E-state index contributed by atoms with van der Waals surface area (Å²) in [4.78, 5) is 16.9. The van der Waals surface area contributed by atoms with Crippen LogP contribution in [0.2, 0.25) is 0 Å². The zero-order chi connectivity index (χ0) is 23.1. The van der Waals surface area contributed by atoms with E-state index in [1.165, 1.54) is 16.4 Å². The summed E-state index contributed by atoms with van der Waals surface area (Å²) < 4.78 is 53.2. The number of nitrogens with one attached hydrogen (secondary N) is 2. The van der Waals surface area contributed by atoms with Crippen LogP contribution < -0.4 is 14.3 Å². The summed E-state index contributed by atoms with van der Waals surface area (Å²) in [5.41, 5.74) is 2.04. The van der Waals surface area contributed by atoms with Crippen molar-refractivity contribution in [1.29, 1.82) is 0 Å². The predicted molar refractivity (Wildman–Crippen MR) is 123 cm³/mol. The van der Waals surface area contributed by atoms with Crippen LogP contribution in [0.15, 0.2) is 52.4 Å². The van der Waals surface area contributed by atoms with Crippen LogP contribution in [0.4, 0.5) is 11.4 Å². The second-order valence-corrected chi connectivity index (χ2v) is 11.5. The summed E-state index contributed by atoms with van der Waals surface area (Å²) >= 11 is 0. The molecular formula is C21H24N4O5S2. The van der Waals surface area contributed by atoms with Gasteiger partial charge >= 0.3 is 0 Å². The van der Waals surface area contributed by atoms with E-state index >= 15 is 0 Å². The quantitative estimate of drug-likeness (QED) is 0.684. The van der Waals surface area contributed by atoms with Crippen molar-refractivity contribution in [2.45, 2.75) is 37.1 Å². The lowest BCUT2D eigenvalue weighted by Crippen LogP contribution is -2.34. The predicted octanol–water partition coefficient (Wildman–Crippen LogP) is 2.12. The van der Waals surface area contributed by atoms with Gasteiger partial charge in [0.25, 0.3) is 15.9 Å². The molecule has 0 saturated carbocycles. The lowest BCUT2D eigenvalue weighted by Gasteiger charge is -2.21. The topological polar surface area (TPSA) is 125 Å². The van der Waals surface area contributed by atoms with Gasteiger partial charge in [-0.3, -0.25) is 18.8 Å². The molecule has 2 aliphatic heterocycles. The highest BCUT2D eigenvalue weighted by Gasteiger charge is 2.32. The van der Waals surface area contributed by atoms with E-state index in [0.29, 0.717) is 42.2 Å². The largest absolute Gasteiger partial charge is 0.322 e. The van der Waals surface area contributed by atoms with Gasteiger partial charge in [-0.25, -0.2) is 16.8 Å². The van der Waals surface area contributed by atoms with Crippen molar-refractivity contribution < 1.29 is 21.6 Å². The Kier molecular flexibility index (Phi) is 5.72. The molecule has 0 aromatic heterocycles. The first-order valence-corrected chi connectivity index (χ1v) is 13.5. The molecule has 170 valence electrons. The zero-order valence-corrected chi connectivity index (χ0v) is 19.3. The van der Waals surface area contributed by atoms with Crippen LogP contribution in [0.25, 0.3) is 0 Å². The highest BCUT2D eigenvalue weighted by atomic mass is 32.2. The number of benzene rings is 2. The summed E-state index contributed by atoms with van der Waals surface area (Å²) in [6, 6.07) is 10.6. The minimum Gasteiger partial charge on any atom is -0.322 e. The lowest BCUT2D eigenvalue weighted by molar-refractivity contribution is 0.102. The highest BCUT2D eigenvalue weighted by Crippen LogP contribution is 2.34. The number of carbonyl (C=O) groups is 1. The second-order valence-electron chi connectivity index (χ2n) is 7.97. The van der Waals surface area contributed by atoms with E-state index in [1.54, 1.807) is 30.3 Å². The molecule has 1 unspecified atom stereocenters. The highest BCUT2D eigenvalue weighted by molar-refractivity contribution is 7.92. The Morgan fingerprint density at radius 2 is 1.91 bits per heavy atom. The molecule has 4 rings (SSSR count). The van der Waals surface area contributed by atoms with Gasteiger partial charge in [0, 0.05) is 30.3 Å². The summed E-state index contributed by atoms with van der Waals surface area (Å²) in [6.07, 6.45) is 3.07. The molecular weight excluding hydrogens is 452 g/mol. The molecule has 32 heavy (non-hydrogen) atoms.